The van der Waals surface area contributed by atoms with Crippen molar-refractivity contribution in [2.75, 3.05) is 0 Å². The molecule has 12 nitrogen and oxygen atoms in total. The van der Waals surface area contributed by atoms with Crippen LogP contribution in [-0.4, -0.2) is 57.4 Å². The van der Waals surface area contributed by atoms with Gasteiger partial charge in [-0.25, -0.2) is 19.9 Å². The van der Waals surface area contributed by atoms with Gasteiger partial charge in [0.2, 0.25) is 5.28 Å². The van der Waals surface area contributed by atoms with Gasteiger partial charge in [-0.05, 0) is 168 Å². The molecular formula is C110H76BClN8O4. The summed E-state index contributed by atoms with van der Waals surface area (Å²) in [5.41, 5.74) is 24.8. The summed E-state index contributed by atoms with van der Waals surface area (Å²) < 4.78 is 30.5. The van der Waals surface area contributed by atoms with E-state index in [1.807, 2.05) is 84.9 Å². The van der Waals surface area contributed by atoms with Crippen LogP contribution in [0.15, 0.2) is 388 Å². The Kier molecular flexibility index (Phi) is 17.4. The van der Waals surface area contributed by atoms with Gasteiger partial charge in [-0.1, -0.05) is 309 Å². The highest BCUT2D eigenvalue weighted by Gasteiger charge is 2.55. The van der Waals surface area contributed by atoms with E-state index >= 15 is 0 Å². The Labute approximate surface area is 722 Å². The molecular weight excluding hydrogens is 1540 g/mol. The van der Waals surface area contributed by atoms with Crippen LogP contribution < -0.4 is 14.9 Å². The fourth-order valence-corrected chi connectivity index (χ4v) is 19.7. The zero-order valence-electron chi connectivity index (χ0n) is 68.1. The van der Waals surface area contributed by atoms with E-state index in [0.29, 0.717) is 29.1 Å². The molecule has 0 unspecified atom stereocenters. The van der Waals surface area contributed by atoms with E-state index in [1.165, 1.54) is 66.1 Å². The summed E-state index contributed by atoms with van der Waals surface area (Å²) in [7, 11) is -0.420. The summed E-state index contributed by atoms with van der Waals surface area (Å²) in [6.07, 6.45) is 0. The van der Waals surface area contributed by atoms with Crippen molar-refractivity contribution in [3.63, 3.8) is 0 Å². The average molecular weight is 1620 g/mol. The number of aromatic nitrogens is 8. The Morgan fingerprint density at radius 1 is 0.250 bits per heavy atom. The maximum atomic E-state index is 6.59. The van der Waals surface area contributed by atoms with Crippen molar-refractivity contribution in [1.29, 1.82) is 0 Å². The van der Waals surface area contributed by atoms with Crippen molar-refractivity contribution in [2.45, 2.75) is 49.7 Å². The number of hydrogen-bond acceptors (Lipinski definition) is 10. The molecule has 0 saturated carbocycles. The summed E-state index contributed by atoms with van der Waals surface area (Å²) in [6, 6.07) is 136. The summed E-state index contributed by atoms with van der Waals surface area (Å²) in [4.78, 5) is 29.1. The highest BCUT2D eigenvalue weighted by atomic mass is 35.5. The molecule has 0 bridgehead atoms. The number of fused-ring (bicyclic) bond motifs is 24. The minimum absolute atomic E-state index is 0.177. The second kappa shape index (κ2) is 29.1. The molecule has 0 atom stereocenters. The average Bonchev–Trinajstić information content (AvgIpc) is 1.51. The summed E-state index contributed by atoms with van der Waals surface area (Å²) in [5.74, 6) is 6.48. The summed E-state index contributed by atoms with van der Waals surface area (Å²) in [6.45, 7) is 8.40. The molecule has 124 heavy (non-hydrogen) atoms. The Morgan fingerprint density at radius 2 is 0.548 bits per heavy atom. The van der Waals surface area contributed by atoms with Gasteiger partial charge in [-0.15, -0.1) is 0 Å². The van der Waals surface area contributed by atoms with Crippen molar-refractivity contribution >= 4 is 67.8 Å². The van der Waals surface area contributed by atoms with Crippen LogP contribution in [-0.2, 0) is 20.1 Å². The minimum Gasteiger partial charge on any atom is -0.457 e. The number of hydrogen-bond donors (Lipinski definition) is 0. The lowest BCUT2D eigenvalue weighted by atomic mass is 9.65. The highest BCUT2D eigenvalue weighted by Crippen LogP contribution is 2.64. The maximum Gasteiger partial charge on any atom is 0.494 e. The SMILES string of the molecule is CC1(C)OB(c2ccc3c(c2)C2(c4ccccc4Oc4ccccc42)c2ccccc2-3)OC1(C)C.Clc1nc(-c2ccccc2)nc(-c2cccc(-n3c4ccccc4c4ccccc43)c2)n1.c1ccc(-c2nc(-c3cccc(-n4c5ccccc5c5ccccc54)c3)nc(-c3ccc4c(c3)C3(c5ccccc5Oc5ccccc53)c3ccccc3-4)n2)cc1. The molecule has 0 amide bonds. The second-order valence-electron chi connectivity index (χ2n) is 33.1. The van der Waals surface area contributed by atoms with E-state index in [0.717, 1.165) is 112 Å². The molecule has 25 rings (SSSR count). The lowest BCUT2D eigenvalue weighted by Gasteiger charge is -2.39. The fourth-order valence-electron chi connectivity index (χ4n) is 19.5. The van der Waals surface area contributed by atoms with Crippen LogP contribution >= 0.6 is 11.6 Å². The van der Waals surface area contributed by atoms with Gasteiger partial charge in [0.25, 0.3) is 0 Å². The molecule has 4 aromatic heterocycles. The third-order valence-corrected chi connectivity index (χ3v) is 25.9. The fraction of sp³-hybridized carbons (Fsp3) is 0.0727. The summed E-state index contributed by atoms with van der Waals surface area (Å²) in [5, 5.41) is 5.07. The zero-order chi connectivity index (χ0) is 83.0. The van der Waals surface area contributed by atoms with Crippen LogP contribution in [0.1, 0.15) is 72.2 Å². The van der Waals surface area contributed by atoms with E-state index in [-0.39, 0.29) is 5.28 Å². The van der Waals surface area contributed by atoms with Crippen LogP contribution in [0.25, 0.3) is 134 Å². The number of nitrogens with zero attached hydrogens (tertiary/aromatic N) is 8. The Balaban J connectivity index is 0.000000114. The third-order valence-electron chi connectivity index (χ3n) is 25.7. The van der Waals surface area contributed by atoms with Gasteiger partial charge >= 0.3 is 7.12 Å². The molecule has 0 N–H and O–H groups in total. The predicted molar refractivity (Wildman–Crippen MR) is 497 cm³/mol. The van der Waals surface area contributed by atoms with E-state index in [1.54, 1.807) is 0 Å². The topological polar surface area (TPSA) is 124 Å². The molecule has 0 radical (unpaired) electrons. The Morgan fingerprint density at radius 3 is 0.960 bits per heavy atom. The van der Waals surface area contributed by atoms with Crippen LogP contribution in [0.2, 0.25) is 5.28 Å². The molecule has 14 heteroatoms. The van der Waals surface area contributed by atoms with Crippen molar-refractivity contribution < 1.29 is 18.8 Å². The number of benzene rings is 16. The van der Waals surface area contributed by atoms with Crippen molar-refractivity contribution in [3.05, 3.63) is 438 Å². The van der Waals surface area contributed by atoms with Crippen molar-refractivity contribution in [2.24, 2.45) is 0 Å². The first-order valence-electron chi connectivity index (χ1n) is 41.9. The lowest BCUT2D eigenvalue weighted by Crippen LogP contribution is -2.41. The van der Waals surface area contributed by atoms with Crippen molar-refractivity contribution in [1.82, 2.24) is 39.0 Å². The van der Waals surface area contributed by atoms with Crippen LogP contribution in [0, 0.1) is 0 Å². The smallest absolute Gasteiger partial charge is 0.457 e. The monoisotopic (exact) mass is 1620 g/mol. The predicted octanol–water partition coefficient (Wildman–Crippen LogP) is 25.8. The molecule has 1 fully saturated rings. The van der Waals surface area contributed by atoms with Gasteiger partial charge in [0.1, 0.15) is 23.0 Å². The molecule has 7 heterocycles. The van der Waals surface area contributed by atoms with Gasteiger partial charge in [0.15, 0.2) is 29.1 Å². The second-order valence-corrected chi connectivity index (χ2v) is 33.4. The first-order valence-corrected chi connectivity index (χ1v) is 42.3. The van der Waals surface area contributed by atoms with Gasteiger partial charge in [0, 0.05) is 83.0 Å². The summed E-state index contributed by atoms with van der Waals surface area (Å²) >= 11 is 6.28. The van der Waals surface area contributed by atoms with E-state index in [2.05, 4.69) is 350 Å². The zero-order valence-corrected chi connectivity index (χ0v) is 68.9. The molecule has 5 aliphatic rings. The van der Waals surface area contributed by atoms with Gasteiger partial charge in [-0.3, -0.25) is 0 Å². The van der Waals surface area contributed by atoms with Gasteiger partial charge in [-0.2, -0.15) is 9.97 Å². The normalized spacial score (nSPS) is 14.5. The van der Waals surface area contributed by atoms with E-state index < -0.39 is 29.2 Å². The standard InChI is InChI=1S/C52H32N4O.C31H27BO3.C27H17ClN4/c1-2-15-33(16-3-1)49-53-50(34-17-14-18-36(31-34)56-45-25-10-5-20-39(45)40-21-6-11-26-46(40)56)55-51(54-49)35-29-30-38-37-19-4-7-22-41(37)52(44(38)32-35)42-23-8-12-27-47(42)57-48-28-13-9-24-43(48)52;1-29(2)30(3,4)35-32(34-29)20-17-18-22-21-11-5-6-12-23(21)31(26(22)19-20)24-13-7-9-15-27(24)33-28-16-10-8-14-25(28)31;28-27-30-25(18-9-2-1-3-10-18)29-26(31-27)19-11-8-12-20(17-19)32-23-15-6-4-13-21(23)22-14-5-7-16-24(22)32/h1-32H;5-19H,1-4H3;1-17H. The number of ether oxygens (including phenoxy) is 2. The molecule has 1 saturated heterocycles. The van der Waals surface area contributed by atoms with Crippen molar-refractivity contribution in [3.8, 4) is 114 Å². The molecule has 2 aliphatic carbocycles. The van der Waals surface area contributed by atoms with E-state index in [9.17, 15) is 0 Å². The minimum atomic E-state index is -0.595. The number of rotatable bonds is 8. The van der Waals surface area contributed by atoms with E-state index in [4.69, 9.17) is 50.3 Å². The third kappa shape index (κ3) is 11.7. The Hall–Kier alpha value is -15.0. The molecule has 2 spiro atoms. The van der Waals surface area contributed by atoms with Gasteiger partial charge in [0.05, 0.1) is 44.1 Å². The number of para-hydroxylation sites is 8. The molecule has 590 valence electrons. The highest BCUT2D eigenvalue weighted by molar-refractivity contribution is 6.62. The first-order chi connectivity index (χ1) is 60.9. The van der Waals surface area contributed by atoms with Crippen LogP contribution in [0.5, 0.6) is 23.0 Å². The molecule has 3 aliphatic heterocycles. The largest absolute Gasteiger partial charge is 0.494 e. The lowest BCUT2D eigenvalue weighted by molar-refractivity contribution is 0.00578. The molecule has 20 aromatic rings. The Bertz CT molecular complexity index is 7500. The molecule has 16 aromatic carbocycles. The maximum absolute atomic E-state index is 6.59. The van der Waals surface area contributed by atoms with Crippen LogP contribution in [0.4, 0.5) is 0 Å². The van der Waals surface area contributed by atoms with Crippen LogP contribution in [0.3, 0.4) is 0 Å². The van der Waals surface area contributed by atoms with Gasteiger partial charge < -0.3 is 27.9 Å². The number of halogens is 1. The quantitative estimate of drug-likeness (QED) is 0.136. The first kappa shape index (κ1) is 74.1.